The number of nitrogens with zero attached hydrogens (tertiary/aromatic N) is 5. The maximum atomic E-state index is 13.9. The predicted octanol–water partition coefficient (Wildman–Crippen LogP) is 4.79. The highest BCUT2D eigenvalue weighted by Crippen LogP contribution is 2.37. The maximum Gasteiger partial charge on any atom is 0.416 e. The quantitative estimate of drug-likeness (QED) is 0.515. The van der Waals surface area contributed by atoms with Crippen LogP contribution in [0, 0.1) is 0 Å². The highest BCUT2D eigenvalue weighted by Gasteiger charge is 2.36. The van der Waals surface area contributed by atoms with Crippen molar-refractivity contribution in [2.45, 2.75) is 71.4 Å². The molecule has 0 spiro atoms. The van der Waals surface area contributed by atoms with E-state index in [0.717, 1.165) is 48.7 Å². The van der Waals surface area contributed by atoms with Gasteiger partial charge < -0.3 is 20.1 Å². The van der Waals surface area contributed by atoms with Crippen molar-refractivity contribution in [1.29, 1.82) is 0 Å². The minimum absolute atomic E-state index is 0.115. The van der Waals surface area contributed by atoms with Crippen LogP contribution in [0.2, 0.25) is 0 Å². The van der Waals surface area contributed by atoms with Crippen molar-refractivity contribution in [1.82, 2.24) is 24.6 Å². The highest BCUT2D eigenvalue weighted by molar-refractivity contribution is 5.96. The van der Waals surface area contributed by atoms with Gasteiger partial charge in [-0.25, -0.2) is 4.79 Å². The molecular formula is C28H31F3N6O2. The first-order chi connectivity index (χ1) is 18.3. The molecule has 0 saturated carbocycles. The van der Waals surface area contributed by atoms with Gasteiger partial charge in [0.2, 0.25) is 5.91 Å². The molecule has 5 rings (SSSR count). The van der Waals surface area contributed by atoms with Crippen LogP contribution >= 0.6 is 0 Å². The molecule has 0 radical (unpaired) electrons. The SMILES string of the molecule is CC(C)(C)N(Cc1nnc2n1CCC2)C(=O)N1CCc2c(-c3cccc(C(F)(F)F)c3)ccc(C(N)=O)c2C1. The Labute approximate surface area is 224 Å². The summed E-state index contributed by atoms with van der Waals surface area (Å²) >= 11 is 0. The number of halogens is 3. The summed E-state index contributed by atoms with van der Waals surface area (Å²) in [4.78, 5) is 29.7. The van der Waals surface area contributed by atoms with E-state index in [1.807, 2.05) is 20.8 Å². The van der Waals surface area contributed by atoms with Gasteiger partial charge in [0.25, 0.3) is 0 Å². The fourth-order valence-corrected chi connectivity index (χ4v) is 5.44. The topological polar surface area (TPSA) is 97.3 Å². The van der Waals surface area contributed by atoms with E-state index in [1.54, 1.807) is 21.9 Å². The molecule has 2 aliphatic heterocycles. The van der Waals surface area contributed by atoms with Crippen molar-refractivity contribution < 1.29 is 22.8 Å². The Hall–Kier alpha value is -3.89. The Bertz CT molecular complexity index is 1440. The molecule has 1 aromatic heterocycles. The smallest absolute Gasteiger partial charge is 0.366 e. The Balaban J connectivity index is 1.48. The molecular weight excluding hydrogens is 509 g/mol. The largest absolute Gasteiger partial charge is 0.416 e. The van der Waals surface area contributed by atoms with E-state index >= 15 is 0 Å². The molecule has 3 aromatic rings. The maximum absolute atomic E-state index is 13.9. The van der Waals surface area contributed by atoms with Gasteiger partial charge in [0.1, 0.15) is 5.82 Å². The summed E-state index contributed by atoms with van der Waals surface area (Å²) in [6.07, 6.45) is -2.25. The molecule has 3 amide bonds. The fraction of sp³-hybridized carbons (Fsp3) is 0.429. The number of aryl methyl sites for hydroxylation is 1. The van der Waals surface area contributed by atoms with E-state index in [4.69, 9.17) is 5.73 Å². The lowest BCUT2D eigenvalue weighted by Gasteiger charge is -2.41. The van der Waals surface area contributed by atoms with Crippen LogP contribution in [0.1, 0.15) is 65.9 Å². The van der Waals surface area contributed by atoms with Gasteiger partial charge in [-0.05, 0) is 74.1 Å². The molecule has 2 aromatic carbocycles. The molecule has 3 heterocycles. The highest BCUT2D eigenvalue weighted by atomic mass is 19.4. The number of fused-ring (bicyclic) bond motifs is 2. The molecule has 206 valence electrons. The number of benzene rings is 2. The van der Waals surface area contributed by atoms with Crippen LogP contribution in [0.4, 0.5) is 18.0 Å². The molecule has 8 nitrogen and oxygen atoms in total. The number of primary amides is 1. The van der Waals surface area contributed by atoms with Crippen LogP contribution in [0.5, 0.6) is 0 Å². The van der Waals surface area contributed by atoms with Gasteiger partial charge in [-0.2, -0.15) is 13.2 Å². The second kappa shape index (κ2) is 9.69. The van der Waals surface area contributed by atoms with Gasteiger partial charge in [0.05, 0.1) is 12.1 Å². The van der Waals surface area contributed by atoms with Crippen LogP contribution in [0.15, 0.2) is 36.4 Å². The molecule has 0 atom stereocenters. The lowest BCUT2D eigenvalue weighted by atomic mass is 9.87. The molecule has 0 saturated heterocycles. The molecule has 0 bridgehead atoms. The Kier molecular flexibility index (Phi) is 6.64. The lowest BCUT2D eigenvalue weighted by molar-refractivity contribution is -0.137. The van der Waals surface area contributed by atoms with Gasteiger partial charge in [-0.15, -0.1) is 10.2 Å². The summed E-state index contributed by atoms with van der Waals surface area (Å²) in [5, 5.41) is 8.58. The summed E-state index contributed by atoms with van der Waals surface area (Å²) in [6, 6.07) is 8.07. The number of alkyl halides is 3. The fourth-order valence-electron chi connectivity index (χ4n) is 5.44. The van der Waals surface area contributed by atoms with Crippen molar-refractivity contribution >= 4 is 11.9 Å². The van der Waals surface area contributed by atoms with Crippen LogP contribution in [0.3, 0.4) is 0 Å². The third-order valence-corrected chi connectivity index (χ3v) is 7.48. The predicted molar refractivity (Wildman–Crippen MR) is 139 cm³/mol. The summed E-state index contributed by atoms with van der Waals surface area (Å²) < 4.78 is 42.2. The van der Waals surface area contributed by atoms with Crippen molar-refractivity contribution in [3.05, 3.63) is 70.3 Å². The van der Waals surface area contributed by atoms with Crippen molar-refractivity contribution in [3.63, 3.8) is 0 Å². The van der Waals surface area contributed by atoms with E-state index in [0.29, 0.717) is 29.7 Å². The molecule has 2 aliphatic rings. The van der Waals surface area contributed by atoms with Gasteiger partial charge in [0, 0.05) is 37.2 Å². The minimum Gasteiger partial charge on any atom is -0.366 e. The molecule has 39 heavy (non-hydrogen) atoms. The minimum atomic E-state index is -4.48. The Morgan fingerprint density at radius 2 is 1.79 bits per heavy atom. The summed E-state index contributed by atoms with van der Waals surface area (Å²) in [6.45, 7) is 7.40. The number of urea groups is 1. The van der Waals surface area contributed by atoms with Crippen molar-refractivity contribution in [2.24, 2.45) is 5.73 Å². The zero-order chi connectivity index (χ0) is 28.1. The van der Waals surface area contributed by atoms with Gasteiger partial charge in [0.15, 0.2) is 5.82 Å². The normalized spacial score (nSPS) is 15.2. The van der Waals surface area contributed by atoms with Crippen molar-refractivity contribution in [2.75, 3.05) is 6.54 Å². The summed E-state index contributed by atoms with van der Waals surface area (Å²) in [5.41, 5.74) is 6.95. The number of carbonyl (C=O) groups is 2. The monoisotopic (exact) mass is 540 g/mol. The van der Waals surface area contributed by atoms with E-state index in [2.05, 4.69) is 14.8 Å². The van der Waals surface area contributed by atoms with E-state index in [9.17, 15) is 22.8 Å². The molecule has 0 aliphatic carbocycles. The third kappa shape index (κ3) is 5.09. The average molecular weight is 541 g/mol. The molecule has 11 heteroatoms. The second-order valence-electron chi connectivity index (χ2n) is 11.1. The van der Waals surface area contributed by atoms with Crippen LogP contribution in [-0.4, -0.2) is 48.6 Å². The lowest BCUT2D eigenvalue weighted by Crippen LogP contribution is -2.52. The van der Waals surface area contributed by atoms with Crippen LogP contribution in [0.25, 0.3) is 11.1 Å². The average Bonchev–Trinajstić information content (AvgIpc) is 3.49. The second-order valence-corrected chi connectivity index (χ2v) is 11.1. The third-order valence-electron chi connectivity index (χ3n) is 7.48. The van der Waals surface area contributed by atoms with E-state index in [1.165, 1.54) is 12.1 Å². The number of aromatic nitrogens is 3. The first kappa shape index (κ1) is 26.7. The standard InChI is InChI=1S/C28H31F3N6O2/c1-27(2,3)37(16-24-34-33-23-8-5-12-36(23)24)26(39)35-13-11-20-19(9-10-21(25(32)38)22(20)15-35)17-6-4-7-18(14-17)28(29,30)31/h4,6-7,9-10,14H,5,8,11-13,15-16H2,1-3H3,(H2,32,38). The molecule has 0 fully saturated rings. The number of amides is 3. The van der Waals surface area contributed by atoms with Gasteiger partial charge in [-0.1, -0.05) is 18.2 Å². The number of nitrogens with two attached hydrogens (primary N) is 1. The number of rotatable bonds is 4. The zero-order valence-corrected chi connectivity index (χ0v) is 22.2. The molecule has 0 unspecified atom stereocenters. The molecule has 2 N–H and O–H groups in total. The zero-order valence-electron chi connectivity index (χ0n) is 22.2. The van der Waals surface area contributed by atoms with Gasteiger partial charge >= 0.3 is 12.2 Å². The van der Waals surface area contributed by atoms with E-state index < -0.39 is 23.2 Å². The number of hydrogen-bond acceptors (Lipinski definition) is 4. The van der Waals surface area contributed by atoms with Crippen LogP contribution < -0.4 is 5.73 Å². The Morgan fingerprint density at radius 1 is 1.03 bits per heavy atom. The van der Waals surface area contributed by atoms with Crippen molar-refractivity contribution in [3.8, 4) is 11.1 Å². The summed E-state index contributed by atoms with van der Waals surface area (Å²) in [7, 11) is 0. The summed E-state index contributed by atoms with van der Waals surface area (Å²) in [5.74, 6) is 1.00. The Morgan fingerprint density at radius 3 is 2.49 bits per heavy atom. The number of hydrogen-bond donors (Lipinski definition) is 1. The number of carbonyl (C=O) groups excluding carboxylic acids is 2. The van der Waals surface area contributed by atoms with Gasteiger partial charge in [-0.3, -0.25) is 4.79 Å². The van der Waals surface area contributed by atoms with Crippen LogP contribution in [-0.2, 0) is 38.7 Å². The first-order valence-electron chi connectivity index (χ1n) is 12.9. The first-order valence-corrected chi connectivity index (χ1v) is 12.9. The van der Waals surface area contributed by atoms with E-state index in [-0.39, 0.29) is 24.7 Å².